The summed E-state index contributed by atoms with van der Waals surface area (Å²) in [6, 6.07) is 7.41. The molecule has 1 aromatic carbocycles. The largest absolute Gasteiger partial charge is 0.385 e. The fraction of sp³-hybridized carbons (Fsp3) is 0.600. The molecule has 3 N–H and O–H groups in total. The first-order valence-corrected chi connectivity index (χ1v) is 7.21. The molecule has 0 spiro atoms. The van der Waals surface area contributed by atoms with Gasteiger partial charge >= 0.3 is 0 Å². The van der Waals surface area contributed by atoms with E-state index in [0.29, 0.717) is 11.6 Å². The Labute approximate surface area is 118 Å². The summed E-state index contributed by atoms with van der Waals surface area (Å²) >= 11 is 6.05. The Morgan fingerprint density at radius 1 is 1.53 bits per heavy atom. The third-order valence-electron chi connectivity index (χ3n) is 5.04. The minimum Gasteiger partial charge on any atom is -0.385 e. The standard InChI is InChI=1S/C15H20ClNO2/c1-14(18,10-3-2-4-11(16)7-10)15(9-17)8-12-5-6-13(15)19-12/h2-4,7,12-13,18H,5-6,8-9,17H2,1H3. The lowest BCUT2D eigenvalue weighted by atomic mass is 9.61. The van der Waals surface area contributed by atoms with Crippen molar-refractivity contribution in [2.45, 2.75) is 44.0 Å². The molecule has 104 valence electrons. The molecule has 2 saturated heterocycles. The van der Waals surface area contributed by atoms with E-state index in [0.717, 1.165) is 24.8 Å². The second kappa shape index (κ2) is 4.45. The van der Waals surface area contributed by atoms with Gasteiger partial charge in [0.15, 0.2) is 0 Å². The van der Waals surface area contributed by atoms with Gasteiger partial charge in [0.2, 0.25) is 0 Å². The van der Waals surface area contributed by atoms with Crippen LogP contribution >= 0.6 is 11.6 Å². The van der Waals surface area contributed by atoms with E-state index in [1.165, 1.54) is 0 Å². The number of halogens is 1. The lowest BCUT2D eigenvalue weighted by molar-refractivity contribution is -0.105. The summed E-state index contributed by atoms with van der Waals surface area (Å²) < 4.78 is 5.94. The Bertz CT molecular complexity index is 491. The van der Waals surface area contributed by atoms with Gasteiger partial charge in [0, 0.05) is 17.0 Å². The molecule has 0 radical (unpaired) electrons. The number of benzene rings is 1. The zero-order chi connectivity index (χ0) is 13.7. The Balaban J connectivity index is 2.03. The van der Waals surface area contributed by atoms with Gasteiger partial charge in [-0.25, -0.2) is 0 Å². The maximum atomic E-state index is 11.2. The van der Waals surface area contributed by atoms with E-state index in [1.54, 1.807) is 0 Å². The van der Waals surface area contributed by atoms with Crippen LogP contribution in [0.2, 0.25) is 5.02 Å². The first-order valence-electron chi connectivity index (χ1n) is 6.83. The molecule has 3 nitrogen and oxygen atoms in total. The summed E-state index contributed by atoms with van der Waals surface area (Å²) in [6.07, 6.45) is 3.19. The summed E-state index contributed by atoms with van der Waals surface area (Å²) in [7, 11) is 0. The highest BCUT2D eigenvalue weighted by molar-refractivity contribution is 6.30. The molecular weight excluding hydrogens is 262 g/mol. The molecule has 2 bridgehead atoms. The second-order valence-corrected chi connectivity index (χ2v) is 6.41. The van der Waals surface area contributed by atoms with Gasteiger partial charge in [-0.3, -0.25) is 0 Å². The van der Waals surface area contributed by atoms with Crippen LogP contribution < -0.4 is 5.73 Å². The maximum Gasteiger partial charge on any atom is 0.0962 e. The highest BCUT2D eigenvalue weighted by atomic mass is 35.5. The summed E-state index contributed by atoms with van der Waals surface area (Å²) in [4.78, 5) is 0. The highest BCUT2D eigenvalue weighted by Gasteiger charge is 2.60. The number of hydrogen-bond acceptors (Lipinski definition) is 3. The molecule has 4 atom stereocenters. The van der Waals surface area contributed by atoms with Crippen LogP contribution in [-0.2, 0) is 10.3 Å². The number of nitrogens with two attached hydrogens (primary N) is 1. The van der Waals surface area contributed by atoms with E-state index >= 15 is 0 Å². The average Bonchev–Trinajstić information content (AvgIpc) is 2.99. The Hall–Kier alpha value is -0.610. The van der Waals surface area contributed by atoms with Crippen molar-refractivity contribution in [2.75, 3.05) is 6.54 Å². The van der Waals surface area contributed by atoms with Crippen LogP contribution in [-0.4, -0.2) is 23.9 Å². The predicted octanol–water partition coefficient (Wildman–Crippen LogP) is 2.44. The van der Waals surface area contributed by atoms with Crippen LogP contribution in [0, 0.1) is 5.41 Å². The molecule has 2 heterocycles. The molecule has 19 heavy (non-hydrogen) atoms. The SMILES string of the molecule is CC(O)(c1cccc(Cl)c1)C1(CN)CC2CCC1O2. The molecule has 0 aliphatic carbocycles. The Morgan fingerprint density at radius 2 is 2.32 bits per heavy atom. The zero-order valence-electron chi connectivity index (χ0n) is 11.1. The van der Waals surface area contributed by atoms with E-state index in [1.807, 2.05) is 31.2 Å². The van der Waals surface area contributed by atoms with Crippen molar-refractivity contribution in [3.05, 3.63) is 34.9 Å². The fourth-order valence-electron chi connectivity index (χ4n) is 3.80. The van der Waals surface area contributed by atoms with E-state index < -0.39 is 11.0 Å². The molecule has 2 aliphatic rings. The summed E-state index contributed by atoms with van der Waals surface area (Å²) in [5.74, 6) is 0. The van der Waals surface area contributed by atoms with Gasteiger partial charge in [0.05, 0.1) is 17.8 Å². The van der Waals surface area contributed by atoms with E-state index in [4.69, 9.17) is 22.1 Å². The van der Waals surface area contributed by atoms with E-state index in [-0.39, 0.29) is 12.2 Å². The quantitative estimate of drug-likeness (QED) is 0.895. The normalized spacial score (nSPS) is 36.4. The average molecular weight is 282 g/mol. The maximum absolute atomic E-state index is 11.2. The van der Waals surface area contributed by atoms with Gasteiger partial charge in [-0.05, 0) is 43.9 Å². The van der Waals surface area contributed by atoms with Gasteiger partial charge in [0.25, 0.3) is 0 Å². The van der Waals surface area contributed by atoms with Crippen molar-refractivity contribution < 1.29 is 9.84 Å². The van der Waals surface area contributed by atoms with Gasteiger partial charge in [-0.15, -0.1) is 0 Å². The number of fused-ring (bicyclic) bond motifs is 2. The number of hydrogen-bond donors (Lipinski definition) is 2. The number of aliphatic hydroxyl groups is 1. The molecule has 1 aromatic rings. The highest BCUT2D eigenvalue weighted by Crippen LogP contribution is 2.56. The monoisotopic (exact) mass is 281 g/mol. The number of ether oxygens (including phenoxy) is 1. The van der Waals surface area contributed by atoms with Crippen LogP contribution in [0.25, 0.3) is 0 Å². The first-order chi connectivity index (χ1) is 8.99. The Kier molecular flexibility index (Phi) is 3.13. The predicted molar refractivity (Wildman–Crippen MR) is 75.0 cm³/mol. The molecule has 0 aromatic heterocycles. The first kappa shape index (κ1) is 13.4. The van der Waals surface area contributed by atoms with Gasteiger partial charge in [-0.2, -0.15) is 0 Å². The lowest BCUT2D eigenvalue weighted by Gasteiger charge is -2.46. The van der Waals surface area contributed by atoms with Crippen molar-refractivity contribution in [3.63, 3.8) is 0 Å². The zero-order valence-corrected chi connectivity index (χ0v) is 11.9. The molecular formula is C15H20ClNO2. The van der Waals surface area contributed by atoms with Gasteiger partial charge < -0.3 is 15.6 Å². The van der Waals surface area contributed by atoms with Crippen molar-refractivity contribution in [3.8, 4) is 0 Å². The van der Waals surface area contributed by atoms with Crippen LogP contribution in [0.1, 0.15) is 31.7 Å². The van der Waals surface area contributed by atoms with Gasteiger partial charge in [-0.1, -0.05) is 23.7 Å². The Morgan fingerprint density at radius 3 is 2.84 bits per heavy atom. The minimum absolute atomic E-state index is 0.0523. The topological polar surface area (TPSA) is 55.5 Å². The van der Waals surface area contributed by atoms with Gasteiger partial charge in [0.1, 0.15) is 0 Å². The van der Waals surface area contributed by atoms with Crippen LogP contribution in [0.3, 0.4) is 0 Å². The third-order valence-corrected chi connectivity index (χ3v) is 5.27. The fourth-order valence-corrected chi connectivity index (χ4v) is 3.99. The smallest absolute Gasteiger partial charge is 0.0962 e. The summed E-state index contributed by atoms with van der Waals surface area (Å²) in [6.45, 7) is 2.27. The third kappa shape index (κ3) is 1.83. The van der Waals surface area contributed by atoms with E-state index in [9.17, 15) is 5.11 Å². The molecule has 2 aliphatic heterocycles. The van der Waals surface area contributed by atoms with Crippen LogP contribution in [0.4, 0.5) is 0 Å². The van der Waals surface area contributed by atoms with Crippen molar-refractivity contribution in [1.29, 1.82) is 0 Å². The number of rotatable bonds is 3. The van der Waals surface area contributed by atoms with E-state index in [2.05, 4.69) is 0 Å². The second-order valence-electron chi connectivity index (χ2n) is 5.97. The molecule has 0 saturated carbocycles. The van der Waals surface area contributed by atoms with Crippen molar-refractivity contribution in [1.82, 2.24) is 0 Å². The molecule has 2 fully saturated rings. The van der Waals surface area contributed by atoms with Crippen molar-refractivity contribution >= 4 is 11.6 Å². The van der Waals surface area contributed by atoms with Crippen LogP contribution in [0.5, 0.6) is 0 Å². The van der Waals surface area contributed by atoms with Crippen LogP contribution in [0.15, 0.2) is 24.3 Å². The molecule has 0 amide bonds. The summed E-state index contributed by atoms with van der Waals surface area (Å²) in [5.41, 5.74) is 5.44. The minimum atomic E-state index is -1.02. The molecule has 3 rings (SSSR count). The summed E-state index contributed by atoms with van der Waals surface area (Å²) in [5, 5.41) is 11.8. The van der Waals surface area contributed by atoms with Crippen molar-refractivity contribution in [2.24, 2.45) is 11.1 Å². The lowest BCUT2D eigenvalue weighted by Crippen LogP contribution is -2.54. The molecule has 4 heteroatoms. The molecule has 4 unspecified atom stereocenters.